The van der Waals surface area contributed by atoms with Gasteiger partial charge in [0.05, 0.1) is 13.0 Å². The molecule has 1 aliphatic heterocycles. The minimum atomic E-state index is -3.80. The maximum Gasteiger partial charge on any atom is 0.246 e. The number of nitrogens with zero attached hydrogens (tertiary/aromatic N) is 1. The molecular formula is C23H29ClN2O4S. The van der Waals surface area contributed by atoms with Gasteiger partial charge >= 0.3 is 0 Å². The first kappa shape index (κ1) is 23.6. The predicted molar refractivity (Wildman–Crippen MR) is 123 cm³/mol. The summed E-state index contributed by atoms with van der Waals surface area (Å²) in [5.74, 6) is -0.124. The molecule has 0 aromatic heterocycles. The lowest BCUT2D eigenvalue weighted by molar-refractivity contribution is -0.120. The highest BCUT2D eigenvalue weighted by Crippen LogP contribution is 2.33. The van der Waals surface area contributed by atoms with Crippen LogP contribution in [-0.4, -0.2) is 38.8 Å². The molecule has 1 atom stereocenters. The zero-order valence-corrected chi connectivity index (χ0v) is 19.9. The molecule has 0 spiro atoms. The number of amides is 1. The van der Waals surface area contributed by atoms with Gasteiger partial charge in [-0.05, 0) is 67.1 Å². The lowest BCUT2D eigenvalue weighted by atomic mass is 9.98. The van der Waals surface area contributed by atoms with Gasteiger partial charge in [-0.25, -0.2) is 8.42 Å². The van der Waals surface area contributed by atoms with E-state index in [1.54, 1.807) is 30.3 Å². The Balaban J connectivity index is 1.82. The Bertz CT molecular complexity index is 1070. The van der Waals surface area contributed by atoms with Gasteiger partial charge in [0.2, 0.25) is 15.9 Å². The molecule has 1 fully saturated rings. The van der Waals surface area contributed by atoms with E-state index in [-0.39, 0.29) is 23.3 Å². The molecule has 168 valence electrons. The summed E-state index contributed by atoms with van der Waals surface area (Å²) in [6.45, 7) is 6.40. The van der Waals surface area contributed by atoms with Crippen LogP contribution in [0.2, 0.25) is 5.02 Å². The van der Waals surface area contributed by atoms with Crippen molar-refractivity contribution in [2.24, 2.45) is 5.92 Å². The number of benzene rings is 2. The maximum absolute atomic E-state index is 13.5. The quantitative estimate of drug-likeness (QED) is 0.664. The zero-order chi connectivity index (χ0) is 22.8. The van der Waals surface area contributed by atoms with Crippen LogP contribution >= 0.6 is 11.6 Å². The normalized spacial score (nSPS) is 17.5. The van der Waals surface area contributed by atoms with Crippen LogP contribution in [0.1, 0.15) is 43.7 Å². The fourth-order valence-corrected chi connectivity index (χ4v) is 5.71. The SMILES string of the molecule is COc1ccc(C(C)C)cc1S(=O)(=O)N1CCC[C@@H](C(=O)Nc2ccc(Cl)cc2C)C1. The third-order valence-electron chi connectivity index (χ3n) is 5.67. The summed E-state index contributed by atoms with van der Waals surface area (Å²) >= 11 is 5.99. The lowest BCUT2D eigenvalue weighted by Crippen LogP contribution is -2.43. The monoisotopic (exact) mass is 464 g/mol. The van der Waals surface area contributed by atoms with Crippen molar-refractivity contribution in [3.8, 4) is 5.75 Å². The number of piperidine rings is 1. The van der Waals surface area contributed by atoms with Crippen LogP contribution in [0, 0.1) is 12.8 Å². The molecule has 6 nitrogen and oxygen atoms in total. The molecular weight excluding hydrogens is 436 g/mol. The van der Waals surface area contributed by atoms with E-state index >= 15 is 0 Å². The van der Waals surface area contributed by atoms with Gasteiger partial charge in [-0.2, -0.15) is 4.31 Å². The van der Waals surface area contributed by atoms with Crippen molar-refractivity contribution < 1.29 is 17.9 Å². The number of sulfonamides is 1. The fourth-order valence-electron chi connectivity index (χ4n) is 3.77. The van der Waals surface area contributed by atoms with Crippen LogP contribution in [0.3, 0.4) is 0 Å². The molecule has 1 amide bonds. The van der Waals surface area contributed by atoms with E-state index < -0.39 is 15.9 Å². The molecule has 1 aliphatic rings. The highest BCUT2D eigenvalue weighted by atomic mass is 35.5. The standard InChI is InChI=1S/C23H29ClN2O4S/c1-15(2)17-7-10-21(30-4)22(13-17)31(28,29)26-11-5-6-18(14-26)23(27)25-20-9-8-19(24)12-16(20)3/h7-10,12-13,15,18H,5-6,11,14H2,1-4H3,(H,25,27)/t18-/m1/s1. The second-order valence-electron chi connectivity index (χ2n) is 8.22. The Morgan fingerprint density at radius 1 is 1.23 bits per heavy atom. The molecule has 0 radical (unpaired) electrons. The molecule has 2 aromatic rings. The van der Waals surface area contributed by atoms with E-state index in [9.17, 15) is 13.2 Å². The van der Waals surface area contributed by atoms with Gasteiger partial charge in [0, 0.05) is 23.8 Å². The molecule has 2 aromatic carbocycles. The number of aryl methyl sites for hydroxylation is 1. The van der Waals surface area contributed by atoms with E-state index in [1.807, 2.05) is 26.8 Å². The summed E-state index contributed by atoms with van der Waals surface area (Å²) in [6, 6.07) is 10.5. The Labute approximate surface area is 189 Å². The number of carbonyl (C=O) groups is 1. The first-order chi connectivity index (χ1) is 14.6. The average Bonchev–Trinajstić information content (AvgIpc) is 2.75. The van der Waals surface area contributed by atoms with E-state index in [0.29, 0.717) is 35.8 Å². The van der Waals surface area contributed by atoms with Gasteiger partial charge in [0.15, 0.2) is 0 Å². The summed E-state index contributed by atoms with van der Waals surface area (Å²) in [5.41, 5.74) is 2.46. The topological polar surface area (TPSA) is 75.7 Å². The maximum atomic E-state index is 13.5. The van der Waals surface area contributed by atoms with Crippen molar-refractivity contribution in [2.45, 2.75) is 44.4 Å². The van der Waals surface area contributed by atoms with Crippen LogP contribution < -0.4 is 10.1 Å². The first-order valence-electron chi connectivity index (χ1n) is 10.4. The first-order valence-corrected chi connectivity index (χ1v) is 12.2. The average molecular weight is 465 g/mol. The molecule has 0 saturated carbocycles. The number of methoxy groups -OCH3 is 1. The Morgan fingerprint density at radius 2 is 1.97 bits per heavy atom. The van der Waals surface area contributed by atoms with Crippen molar-refractivity contribution in [3.05, 3.63) is 52.5 Å². The van der Waals surface area contributed by atoms with E-state index in [0.717, 1.165) is 11.1 Å². The van der Waals surface area contributed by atoms with Gasteiger partial charge in [0.1, 0.15) is 10.6 Å². The minimum Gasteiger partial charge on any atom is -0.495 e. The largest absolute Gasteiger partial charge is 0.495 e. The summed E-state index contributed by atoms with van der Waals surface area (Å²) < 4.78 is 33.7. The molecule has 0 aliphatic carbocycles. The highest BCUT2D eigenvalue weighted by Gasteiger charge is 2.35. The number of rotatable bonds is 6. The van der Waals surface area contributed by atoms with Crippen molar-refractivity contribution in [2.75, 3.05) is 25.5 Å². The molecule has 31 heavy (non-hydrogen) atoms. The third kappa shape index (κ3) is 5.22. The molecule has 1 N–H and O–H groups in total. The Hall–Kier alpha value is -2.09. The van der Waals surface area contributed by atoms with Gasteiger partial charge in [0.25, 0.3) is 0 Å². The second-order valence-corrected chi connectivity index (χ2v) is 10.6. The summed E-state index contributed by atoms with van der Waals surface area (Å²) in [7, 11) is -2.34. The van der Waals surface area contributed by atoms with Gasteiger partial charge in [-0.1, -0.05) is 31.5 Å². The van der Waals surface area contributed by atoms with Crippen molar-refractivity contribution in [1.29, 1.82) is 0 Å². The van der Waals surface area contributed by atoms with E-state index in [2.05, 4.69) is 5.32 Å². The summed E-state index contributed by atoms with van der Waals surface area (Å²) in [4.78, 5) is 13.0. The number of hydrogen-bond donors (Lipinski definition) is 1. The number of nitrogens with one attached hydrogen (secondary N) is 1. The number of halogens is 1. The smallest absolute Gasteiger partial charge is 0.246 e. The number of anilines is 1. The molecule has 0 unspecified atom stereocenters. The Morgan fingerprint density at radius 3 is 2.61 bits per heavy atom. The lowest BCUT2D eigenvalue weighted by Gasteiger charge is -2.31. The van der Waals surface area contributed by atoms with Crippen molar-refractivity contribution in [1.82, 2.24) is 4.31 Å². The van der Waals surface area contributed by atoms with Crippen LogP contribution in [0.4, 0.5) is 5.69 Å². The van der Waals surface area contributed by atoms with Crippen molar-refractivity contribution in [3.63, 3.8) is 0 Å². The number of carbonyl (C=O) groups excluding carboxylic acids is 1. The van der Waals surface area contributed by atoms with E-state index in [4.69, 9.17) is 16.3 Å². The van der Waals surface area contributed by atoms with E-state index in [1.165, 1.54) is 11.4 Å². The second kappa shape index (κ2) is 9.59. The molecule has 1 saturated heterocycles. The van der Waals surface area contributed by atoms with Crippen LogP contribution in [0.15, 0.2) is 41.3 Å². The number of hydrogen-bond acceptors (Lipinski definition) is 4. The predicted octanol–water partition coefficient (Wildman–Crippen LogP) is 4.82. The summed E-state index contributed by atoms with van der Waals surface area (Å²) in [6.07, 6.45) is 1.25. The molecule has 0 bridgehead atoms. The zero-order valence-electron chi connectivity index (χ0n) is 18.3. The highest BCUT2D eigenvalue weighted by molar-refractivity contribution is 7.89. The molecule has 8 heteroatoms. The Kier molecular flexibility index (Phi) is 7.29. The summed E-state index contributed by atoms with van der Waals surface area (Å²) in [5, 5.41) is 3.52. The van der Waals surface area contributed by atoms with Gasteiger partial charge < -0.3 is 10.1 Å². The fraction of sp³-hybridized carbons (Fsp3) is 0.435. The van der Waals surface area contributed by atoms with Gasteiger partial charge in [-0.15, -0.1) is 0 Å². The van der Waals surface area contributed by atoms with Crippen LogP contribution in [0.5, 0.6) is 5.75 Å². The molecule has 3 rings (SSSR count). The van der Waals surface area contributed by atoms with Crippen LogP contribution in [-0.2, 0) is 14.8 Å². The van der Waals surface area contributed by atoms with Gasteiger partial charge in [-0.3, -0.25) is 4.79 Å². The number of ether oxygens (including phenoxy) is 1. The van der Waals surface area contributed by atoms with Crippen molar-refractivity contribution >= 4 is 33.2 Å². The minimum absolute atomic E-state index is 0.135. The third-order valence-corrected chi connectivity index (χ3v) is 7.79. The molecule has 1 heterocycles. The van der Waals surface area contributed by atoms with Crippen LogP contribution in [0.25, 0.3) is 0 Å².